The summed E-state index contributed by atoms with van der Waals surface area (Å²) in [5.41, 5.74) is 2.19. The number of hydrazine groups is 1. The maximum absolute atomic E-state index is 11.0. The first kappa shape index (κ1) is 13.8. The molecule has 1 saturated carbocycles. The van der Waals surface area contributed by atoms with Gasteiger partial charge in [-0.2, -0.15) is 0 Å². The van der Waals surface area contributed by atoms with Crippen molar-refractivity contribution in [2.24, 2.45) is 17.7 Å². The number of piperidine rings is 1. The molecule has 1 saturated heterocycles. The molecule has 1 aliphatic carbocycles. The molecule has 0 aromatic carbocycles. The van der Waals surface area contributed by atoms with Gasteiger partial charge >= 0.3 is 0 Å². The molecular weight excluding hydrogens is 226 g/mol. The number of carbonyl (C=O) groups excluding carboxylic acids is 1. The van der Waals surface area contributed by atoms with E-state index in [1.165, 1.54) is 45.2 Å². The molecule has 0 aromatic heterocycles. The van der Waals surface area contributed by atoms with Crippen molar-refractivity contribution in [1.29, 1.82) is 0 Å². The van der Waals surface area contributed by atoms with E-state index in [9.17, 15) is 4.79 Å². The quantitative estimate of drug-likeness (QED) is 0.339. The molecule has 2 aliphatic rings. The molecule has 2 rings (SSSR count). The maximum atomic E-state index is 11.0. The van der Waals surface area contributed by atoms with Gasteiger partial charge in [-0.25, -0.2) is 5.84 Å². The summed E-state index contributed by atoms with van der Waals surface area (Å²) in [7, 11) is 0. The monoisotopic (exact) mass is 253 g/mol. The summed E-state index contributed by atoms with van der Waals surface area (Å²) < 4.78 is 0. The Morgan fingerprint density at radius 1 is 1.17 bits per heavy atom. The van der Waals surface area contributed by atoms with Crippen LogP contribution in [0.1, 0.15) is 51.4 Å². The summed E-state index contributed by atoms with van der Waals surface area (Å²) in [6.07, 6.45) is 9.83. The van der Waals surface area contributed by atoms with E-state index in [-0.39, 0.29) is 5.91 Å². The molecule has 0 aromatic rings. The van der Waals surface area contributed by atoms with Crippen LogP contribution in [0.4, 0.5) is 0 Å². The molecule has 1 aliphatic heterocycles. The largest absolute Gasteiger partial charge is 0.303 e. The van der Waals surface area contributed by atoms with Crippen molar-refractivity contribution < 1.29 is 4.79 Å². The minimum atomic E-state index is -0.0408. The van der Waals surface area contributed by atoms with E-state index in [0.29, 0.717) is 6.42 Å². The van der Waals surface area contributed by atoms with Crippen molar-refractivity contribution in [2.45, 2.75) is 51.4 Å². The van der Waals surface area contributed by atoms with Gasteiger partial charge in [-0.05, 0) is 50.6 Å². The second-order valence-corrected chi connectivity index (χ2v) is 5.92. The van der Waals surface area contributed by atoms with Gasteiger partial charge in [0.25, 0.3) is 0 Å². The number of hydrogen-bond donors (Lipinski definition) is 2. The molecule has 0 bridgehead atoms. The molecule has 3 N–H and O–H groups in total. The Morgan fingerprint density at radius 2 is 1.94 bits per heavy atom. The standard InChI is InChI=1S/C14H27N3O/c15-16-14(18)7-3-4-9-17-10-8-12-5-1-2-6-13(12)11-17/h12-13H,1-11,15H2,(H,16,18). The summed E-state index contributed by atoms with van der Waals surface area (Å²) in [4.78, 5) is 13.6. The zero-order valence-electron chi connectivity index (χ0n) is 11.4. The predicted molar refractivity (Wildman–Crippen MR) is 72.7 cm³/mol. The number of amides is 1. The molecule has 0 spiro atoms. The van der Waals surface area contributed by atoms with E-state index in [4.69, 9.17) is 5.84 Å². The van der Waals surface area contributed by atoms with Gasteiger partial charge in [-0.15, -0.1) is 0 Å². The second kappa shape index (κ2) is 7.10. The van der Waals surface area contributed by atoms with Gasteiger partial charge in [0.2, 0.25) is 5.91 Å². The first-order valence-corrected chi connectivity index (χ1v) is 7.51. The molecule has 0 radical (unpaired) electrons. The van der Waals surface area contributed by atoms with Crippen LogP contribution in [-0.4, -0.2) is 30.4 Å². The van der Waals surface area contributed by atoms with Gasteiger partial charge in [0.05, 0.1) is 0 Å². The summed E-state index contributed by atoms with van der Waals surface area (Å²) in [5.74, 6) is 6.99. The highest BCUT2D eigenvalue weighted by atomic mass is 16.2. The van der Waals surface area contributed by atoms with E-state index in [0.717, 1.165) is 31.2 Å². The minimum absolute atomic E-state index is 0.0408. The van der Waals surface area contributed by atoms with E-state index >= 15 is 0 Å². The van der Waals surface area contributed by atoms with Crippen molar-refractivity contribution >= 4 is 5.91 Å². The Hall–Kier alpha value is -0.610. The Morgan fingerprint density at radius 3 is 2.72 bits per heavy atom. The molecule has 1 heterocycles. The SMILES string of the molecule is NNC(=O)CCCCN1CCC2CCCCC2C1. The van der Waals surface area contributed by atoms with Crippen molar-refractivity contribution in [2.75, 3.05) is 19.6 Å². The summed E-state index contributed by atoms with van der Waals surface area (Å²) in [5, 5.41) is 0. The lowest BCUT2D eigenvalue weighted by molar-refractivity contribution is -0.121. The number of rotatable bonds is 5. The fraction of sp³-hybridized carbons (Fsp3) is 0.929. The highest BCUT2D eigenvalue weighted by molar-refractivity contribution is 5.75. The van der Waals surface area contributed by atoms with Crippen molar-refractivity contribution in [3.8, 4) is 0 Å². The van der Waals surface area contributed by atoms with Gasteiger partial charge in [-0.3, -0.25) is 10.2 Å². The Labute approximate surface area is 110 Å². The van der Waals surface area contributed by atoms with Crippen molar-refractivity contribution in [3.05, 3.63) is 0 Å². The summed E-state index contributed by atoms with van der Waals surface area (Å²) >= 11 is 0. The molecule has 2 unspecified atom stereocenters. The zero-order chi connectivity index (χ0) is 12.8. The highest BCUT2D eigenvalue weighted by Gasteiger charge is 2.30. The molecular formula is C14H27N3O. The lowest BCUT2D eigenvalue weighted by Gasteiger charge is -2.41. The van der Waals surface area contributed by atoms with Gasteiger partial charge in [0, 0.05) is 13.0 Å². The molecule has 2 fully saturated rings. The molecule has 4 nitrogen and oxygen atoms in total. The number of fused-ring (bicyclic) bond motifs is 1. The summed E-state index contributed by atoms with van der Waals surface area (Å²) in [6, 6.07) is 0. The number of hydrogen-bond acceptors (Lipinski definition) is 3. The predicted octanol–water partition coefficient (Wildman–Crippen LogP) is 1.66. The Kier molecular flexibility index (Phi) is 5.45. The van der Waals surface area contributed by atoms with E-state index in [2.05, 4.69) is 10.3 Å². The lowest BCUT2D eigenvalue weighted by Crippen LogP contribution is -2.42. The topological polar surface area (TPSA) is 58.4 Å². The first-order valence-electron chi connectivity index (χ1n) is 7.51. The molecule has 18 heavy (non-hydrogen) atoms. The molecule has 104 valence electrons. The van der Waals surface area contributed by atoms with Crippen LogP contribution in [0.3, 0.4) is 0 Å². The average molecular weight is 253 g/mol. The summed E-state index contributed by atoms with van der Waals surface area (Å²) in [6.45, 7) is 3.72. The number of nitrogens with one attached hydrogen (secondary N) is 1. The van der Waals surface area contributed by atoms with Crippen molar-refractivity contribution in [3.63, 3.8) is 0 Å². The van der Waals surface area contributed by atoms with Gasteiger partial charge in [0.15, 0.2) is 0 Å². The van der Waals surface area contributed by atoms with Crippen LogP contribution in [0.2, 0.25) is 0 Å². The number of nitrogens with two attached hydrogens (primary N) is 1. The van der Waals surface area contributed by atoms with E-state index in [1.54, 1.807) is 0 Å². The molecule has 4 heteroatoms. The van der Waals surface area contributed by atoms with E-state index in [1.807, 2.05) is 0 Å². The van der Waals surface area contributed by atoms with E-state index < -0.39 is 0 Å². The average Bonchev–Trinajstić information content (AvgIpc) is 2.43. The maximum Gasteiger partial charge on any atom is 0.233 e. The lowest BCUT2D eigenvalue weighted by atomic mass is 9.75. The number of nitrogens with zero attached hydrogens (tertiary/aromatic N) is 1. The Bertz CT molecular complexity index is 270. The van der Waals surface area contributed by atoms with Crippen LogP contribution in [0.5, 0.6) is 0 Å². The Balaban J connectivity index is 1.61. The fourth-order valence-electron chi connectivity index (χ4n) is 3.57. The fourth-order valence-corrected chi connectivity index (χ4v) is 3.57. The van der Waals surface area contributed by atoms with Gasteiger partial charge in [-0.1, -0.05) is 19.3 Å². The smallest absolute Gasteiger partial charge is 0.233 e. The third kappa shape index (κ3) is 3.95. The number of carbonyl (C=O) groups is 1. The van der Waals surface area contributed by atoms with Crippen LogP contribution in [0.15, 0.2) is 0 Å². The van der Waals surface area contributed by atoms with Crippen LogP contribution in [0.25, 0.3) is 0 Å². The zero-order valence-corrected chi connectivity index (χ0v) is 11.4. The molecule has 1 amide bonds. The minimum Gasteiger partial charge on any atom is -0.303 e. The third-order valence-electron chi connectivity index (χ3n) is 4.66. The normalized spacial score (nSPS) is 28.7. The van der Waals surface area contributed by atoms with Gasteiger partial charge < -0.3 is 4.90 Å². The first-order chi connectivity index (χ1) is 8.79. The molecule has 2 atom stereocenters. The van der Waals surface area contributed by atoms with Crippen LogP contribution < -0.4 is 11.3 Å². The van der Waals surface area contributed by atoms with Crippen molar-refractivity contribution in [1.82, 2.24) is 10.3 Å². The number of likely N-dealkylation sites (tertiary alicyclic amines) is 1. The highest BCUT2D eigenvalue weighted by Crippen LogP contribution is 2.35. The number of unbranched alkanes of at least 4 members (excludes halogenated alkanes) is 1. The van der Waals surface area contributed by atoms with Crippen LogP contribution in [0, 0.1) is 11.8 Å². The van der Waals surface area contributed by atoms with Crippen LogP contribution in [-0.2, 0) is 4.79 Å². The third-order valence-corrected chi connectivity index (χ3v) is 4.66. The second-order valence-electron chi connectivity index (χ2n) is 5.92. The van der Waals surface area contributed by atoms with Gasteiger partial charge in [0.1, 0.15) is 0 Å². The van der Waals surface area contributed by atoms with Crippen LogP contribution >= 0.6 is 0 Å².